The molecule has 0 radical (unpaired) electrons. The minimum Gasteiger partial charge on any atom is -0.469 e. The molecule has 7 fully saturated rings. The van der Waals surface area contributed by atoms with Crippen LogP contribution in [-0.4, -0.2) is 160 Å². The number of hydrogen-bond acceptors (Lipinski definition) is 16. The number of fused-ring (bicyclic) bond motifs is 7. The average Bonchev–Trinajstić information content (AvgIpc) is 3.23. The summed E-state index contributed by atoms with van der Waals surface area (Å²) in [6.07, 6.45) is -8.52. The van der Waals surface area contributed by atoms with Gasteiger partial charge in [0.1, 0.15) is 61.0 Å². The first-order valence-electron chi connectivity index (χ1n) is 23.5. The van der Waals surface area contributed by atoms with Crippen molar-refractivity contribution in [3.8, 4) is 0 Å². The fourth-order valence-electron chi connectivity index (χ4n) is 14.8. The third kappa shape index (κ3) is 7.60. The molecular formula is C47H76O16. The Morgan fingerprint density at radius 1 is 0.698 bits per heavy atom. The molecule has 63 heavy (non-hydrogen) atoms. The van der Waals surface area contributed by atoms with E-state index in [4.69, 9.17) is 33.2 Å². The van der Waals surface area contributed by atoms with Gasteiger partial charge in [-0.25, -0.2) is 0 Å². The van der Waals surface area contributed by atoms with Gasteiger partial charge in [0.05, 0.1) is 38.4 Å². The number of rotatable bonds is 8. The summed E-state index contributed by atoms with van der Waals surface area (Å²) in [6, 6.07) is 0. The highest BCUT2D eigenvalue weighted by Crippen LogP contribution is 2.76. The second-order valence-corrected chi connectivity index (χ2v) is 22.8. The Balaban J connectivity index is 1.06. The van der Waals surface area contributed by atoms with Gasteiger partial charge in [-0.05, 0) is 109 Å². The van der Waals surface area contributed by atoms with Gasteiger partial charge in [0.2, 0.25) is 0 Å². The smallest absolute Gasteiger partial charge is 0.312 e. The number of esters is 1. The molecule has 3 saturated heterocycles. The Morgan fingerprint density at radius 2 is 1.35 bits per heavy atom. The predicted molar refractivity (Wildman–Crippen MR) is 223 cm³/mol. The minimum atomic E-state index is -1.79. The highest BCUT2D eigenvalue weighted by molar-refractivity contribution is 5.78. The van der Waals surface area contributed by atoms with E-state index < -0.39 is 97.3 Å². The SMILES string of the molecule is COC(=O)[C@]12CCC(C)(C)C[C@H]1C1=CC[C@@H]3[C@@]4(C)CC[C@H](O[C@@H]5OC[C@H](O)[C@H](O[C@@H]6O[C@H](CO)[C@@H](O)[C@H](O)[C@H]6O)[C@H]5O[C@@H]5OC[C@@H](O)[C@H](O)[C@H]5O)C(C)(C)[C@@H]4CC[C@@]3(C)[C@]1(C)CC2. The highest BCUT2D eigenvalue weighted by atomic mass is 16.8. The molecule has 360 valence electrons. The molecule has 21 atom stereocenters. The van der Waals surface area contributed by atoms with Crippen molar-refractivity contribution in [1.82, 2.24) is 0 Å². The summed E-state index contributed by atoms with van der Waals surface area (Å²) in [5, 5.41) is 84.8. The monoisotopic (exact) mass is 897 g/mol. The molecule has 16 heteroatoms. The normalized spacial score (nSPS) is 52.9. The number of hydrogen-bond donors (Lipinski definition) is 8. The Labute approximate surface area is 371 Å². The Morgan fingerprint density at radius 3 is 2.05 bits per heavy atom. The van der Waals surface area contributed by atoms with E-state index in [-0.39, 0.29) is 58.8 Å². The maximum atomic E-state index is 13.7. The van der Waals surface area contributed by atoms with Crippen molar-refractivity contribution < 1.29 is 78.8 Å². The second kappa shape index (κ2) is 17.0. The van der Waals surface area contributed by atoms with Gasteiger partial charge in [-0.2, -0.15) is 0 Å². The summed E-state index contributed by atoms with van der Waals surface area (Å²) >= 11 is 0. The van der Waals surface area contributed by atoms with E-state index in [9.17, 15) is 45.6 Å². The Bertz CT molecular complexity index is 1710. The third-order valence-corrected chi connectivity index (χ3v) is 18.8. The lowest BCUT2D eigenvalue weighted by Crippen LogP contribution is -2.66. The van der Waals surface area contributed by atoms with E-state index in [1.165, 1.54) is 5.57 Å². The van der Waals surface area contributed by atoms with Crippen LogP contribution < -0.4 is 0 Å². The van der Waals surface area contributed by atoms with E-state index in [2.05, 4.69) is 54.5 Å². The van der Waals surface area contributed by atoms with Gasteiger partial charge in [-0.3, -0.25) is 4.79 Å². The van der Waals surface area contributed by atoms with E-state index in [1.807, 2.05) is 0 Å². The number of allylic oxidation sites excluding steroid dienone is 2. The highest BCUT2D eigenvalue weighted by Gasteiger charge is 2.70. The number of carbonyl (C=O) groups excluding carboxylic acids is 1. The number of ether oxygens (including phenoxy) is 7. The van der Waals surface area contributed by atoms with Crippen molar-refractivity contribution in [3.05, 3.63) is 11.6 Å². The zero-order valence-corrected chi connectivity index (χ0v) is 38.4. The molecule has 5 aliphatic carbocycles. The maximum Gasteiger partial charge on any atom is 0.312 e. The molecular weight excluding hydrogens is 821 g/mol. The first kappa shape index (κ1) is 48.1. The van der Waals surface area contributed by atoms with Gasteiger partial charge >= 0.3 is 5.97 Å². The van der Waals surface area contributed by atoms with Crippen LogP contribution in [0, 0.1) is 50.2 Å². The molecule has 0 aromatic rings. The van der Waals surface area contributed by atoms with E-state index in [0.29, 0.717) is 12.3 Å². The summed E-state index contributed by atoms with van der Waals surface area (Å²) in [7, 11) is 1.54. The second-order valence-electron chi connectivity index (χ2n) is 22.8. The van der Waals surface area contributed by atoms with Crippen LogP contribution in [0.15, 0.2) is 11.6 Å². The predicted octanol–water partition coefficient (Wildman–Crippen LogP) is 2.07. The fraction of sp³-hybridized carbons (Fsp3) is 0.936. The topological polar surface area (TPSA) is 244 Å². The summed E-state index contributed by atoms with van der Waals surface area (Å²) in [5.74, 6) is 0.716. The van der Waals surface area contributed by atoms with Crippen LogP contribution in [0.2, 0.25) is 0 Å². The lowest BCUT2D eigenvalue weighted by molar-refractivity contribution is -0.384. The van der Waals surface area contributed by atoms with E-state index in [0.717, 1.165) is 57.8 Å². The van der Waals surface area contributed by atoms with Gasteiger partial charge in [0.15, 0.2) is 18.9 Å². The summed E-state index contributed by atoms with van der Waals surface area (Å²) < 4.78 is 42.4. The summed E-state index contributed by atoms with van der Waals surface area (Å²) in [6.45, 7) is 15.3. The van der Waals surface area contributed by atoms with Crippen molar-refractivity contribution in [3.63, 3.8) is 0 Å². The van der Waals surface area contributed by atoms with Gasteiger partial charge in [0, 0.05) is 0 Å². The molecule has 0 spiro atoms. The van der Waals surface area contributed by atoms with Crippen LogP contribution in [0.25, 0.3) is 0 Å². The third-order valence-electron chi connectivity index (χ3n) is 18.8. The largest absolute Gasteiger partial charge is 0.469 e. The van der Waals surface area contributed by atoms with Crippen molar-refractivity contribution in [2.24, 2.45) is 50.2 Å². The molecule has 3 aliphatic heterocycles. The quantitative estimate of drug-likeness (QED) is 0.0988. The molecule has 8 aliphatic rings. The molecule has 16 nitrogen and oxygen atoms in total. The zero-order chi connectivity index (χ0) is 45.8. The molecule has 8 N–H and O–H groups in total. The zero-order valence-electron chi connectivity index (χ0n) is 38.4. The molecule has 0 aromatic carbocycles. The van der Waals surface area contributed by atoms with Gasteiger partial charge in [-0.1, -0.05) is 60.1 Å². The summed E-state index contributed by atoms with van der Waals surface area (Å²) in [4.78, 5) is 13.7. The molecule has 0 aromatic heterocycles. The molecule has 4 saturated carbocycles. The first-order chi connectivity index (χ1) is 29.5. The van der Waals surface area contributed by atoms with E-state index >= 15 is 0 Å². The molecule has 3 heterocycles. The van der Waals surface area contributed by atoms with Crippen molar-refractivity contribution >= 4 is 5.97 Å². The fourth-order valence-corrected chi connectivity index (χ4v) is 14.8. The van der Waals surface area contributed by atoms with Gasteiger partial charge in [-0.15, -0.1) is 0 Å². The van der Waals surface area contributed by atoms with Gasteiger partial charge in [0.25, 0.3) is 0 Å². The van der Waals surface area contributed by atoms with Crippen LogP contribution in [0.4, 0.5) is 0 Å². The van der Waals surface area contributed by atoms with Gasteiger partial charge < -0.3 is 74.0 Å². The maximum absolute atomic E-state index is 13.7. The van der Waals surface area contributed by atoms with Crippen LogP contribution in [0.1, 0.15) is 113 Å². The average molecular weight is 897 g/mol. The van der Waals surface area contributed by atoms with Crippen LogP contribution in [0.3, 0.4) is 0 Å². The van der Waals surface area contributed by atoms with Crippen LogP contribution >= 0.6 is 0 Å². The molecule has 0 amide bonds. The van der Waals surface area contributed by atoms with Crippen molar-refractivity contribution in [1.29, 1.82) is 0 Å². The Kier molecular flexibility index (Phi) is 13.0. The van der Waals surface area contributed by atoms with Crippen molar-refractivity contribution in [2.45, 2.75) is 199 Å². The number of carbonyl (C=O) groups is 1. The molecule has 8 rings (SSSR count). The van der Waals surface area contributed by atoms with Crippen molar-refractivity contribution in [2.75, 3.05) is 26.9 Å². The van der Waals surface area contributed by atoms with E-state index in [1.54, 1.807) is 7.11 Å². The number of aliphatic hydroxyl groups is 8. The lowest BCUT2D eigenvalue weighted by Gasteiger charge is -2.71. The van der Waals surface area contributed by atoms with Crippen LogP contribution in [-0.2, 0) is 38.0 Å². The number of methoxy groups -OCH3 is 1. The molecule has 0 unspecified atom stereocenters. The number of aliphatic hydroxyl groups excluding tert-OH is 8. The molecule has 0 bridgehead atoms. The van der Waals surface area contributed by atoms with Crippen LogP contribution in [0.5, 0.6) is 0 Å². The first-order valence-corrected chi connectivity index (χ1v) is 23.5. The minimum absolute atomic E-state index is 0.00846. The standard InChI is InChI=1S/C47H76O16/c1-42(2)15-17-47(41(56)57-8)18-16-45(6)23(24(47)19-42)9-10-29-44(5)13-12-30(43(3,4)28(44)11-14-46(29,45)7)61-40-37(63-38-34(54)31(51)25(49)21-58-38)36(26(50)22-59-40)62-39-35(55)33(53)32(52)27(20-48)60-39/h9,24-40,48-55H,10-22H2,1-8H3/t24-,25+,26-,27+,28-,29+,30-,31-,32+,33-,34+,35+,36-,37+,38-,39-,40-,44-,45+,46+,47-/m0/s1. The Hall–Kier alpha value is -1.35. The lowest BCUT2D eigenvalue weighted by atomic mass is 9.33. The summed E-state index contributed by atoms with van der Waals surface area (Å²) in [5.41, 5.74) is 0.579.